The topological polar surface area (TPSA) is 85.5 Å². The third kappa shape index (κ3) is 5.81. The van der Waals surface area contributed by atoms with Gasteiger partial charge in [-0.1, -0.05) is 60.7 Å². The van der Waals surface area contributed by atoms with Crippen LogP contribution in [0.15, 0.2) is 83.4 Å². The Bertz CT molecular complexity index is 1230. The molecule has 4 rings (SSSR count). The van der Waals surface area contributed by atoms with Gasteiger partial charge in [-0.25, -0.2) is 14.8 Å². The van der Waals surface area contributed by atoms with Crippen molar-refractivity contribution in [3.63, 3.8) is 0 Å². The van der Waals surface area contributed by atoms with Crippen molar-refractivity contribution in [3.8, 4) is 11.5 Å². The number of aromatic nitrogens is 2. The molecule has 7 heteroatoms. The molecule has 3 aromatic rings. The molecule has 0 atom stereocenters. The standard InChI is InChI=1S/C28H29N3O4/c1-31(2)19-28(15-12-21(13-16-28)20-8-5-4-6-9-20)17-14-24(32)26-29-18-25(35-26)22-10-7-11-23(30-22)27(33)34-3/h4-13,15-16,18,21H,14,17,19H2,1-3H3. The Labute approximate surface area is 205 Å². The number of oxazole rings is 1. The maximum absolute atomic E-state index is 13.0. The molecule has 2 aromatic heterocycles. The van der Waals surface area contributed by atoms with Crippen molar-refractivity contribution in [1.29, 1.82) is 0 Å². The van der Waals surface area contributed by atoms with Crippen LogP contribution in [0.25, 0.3) is 11.5 Å². The van der Waals surface area contributed by atoms with Crippen LogP contribution in [-0.4, -0.2) is 54.4 Å². The lowest BCUT2D eigenvalue weighted by atomic mass is 9.76. The van der Waals surface area contributed by atoms with Gasteiger partial charge in [-0.2, -0.15) is 0 Å². The van der Waals surface area contributed by atoms with Gasteiger partial charge in [0.15, 0.2) is 5.76 Å². The molecule has 0 aliphatic heterocycles. The second kappa shape index (κ2) is 10.6. The van der Waals surface area contributed by atoms with Crippen LogP contribution >= 0.6 is 0 Å². The molecule has 0 spiro atoms. The minimum Gasteiger partial charge on any atom is -0.464 e. The molecule has 0 unspecified atom stereocenters. The Balaban J connectivity index is 1.45. The van der Waals surface area contributed by atoms with E-state index in [1.807, 2.05) is 32.3 Å². The number of Topliss-reactive ketones (excluding diaryl/α,β-unsaturated/α-hetero) is 1. The van der Waals surface area contributed by atoms with Gasteiger partial charge in [0.05, 0.1) is 13.3 Å². The van der Waals surface area contributed by atoms with Crippen molar-refractivity contribution in [1.82, 2.24) is 14.9 Å². The minimum absolute atomic E-state index is 0.0382. The molecule has 0 fully saturated rings. The van der Waals surface area contributed by atoms with E-state index in [-0.39, 0.29) is 35.1 Å². The summed E-state index contributed by atoms with van der Waals surface area (Å²) in [7, 11) is 5.36. The van der Waals surface area contributed by atoms with Gasteiger partial charge in [-0.3, -0.25) is 4.79 Å². The molecule has 2 heterocycles. The first-order valence-corrected chi connectivity index (χ1v) is 11.5. The van der Waals surface area contributed by atoms with Crippen LogP contribution in [0.4, 0.5) is 0 Å². The molecule has 1 aromatic carbocycles. The predicted octanol–water partition coefficient (Wildman–Crippen LogP) is 4.94. The normalized spacial score (nSPS) is 19.1. The Morgan fingerprint density at radius 1 is 1.06 bits per heavy atom. The van der Waals surface area contributed by atoms with Gasteiger partial charge >= 0.3 is 5.97 Å². The lowest BCUT2D eigenvalue weighted by Crippen LogP contribution is -2.32. The van der Waals surface area contributed by atoms with E-state index in [9.17, 15) is 9.59 Å². The highest BCUT2D eigenvalue weighted by atomic mass is 16.5. The molecular weight excluding hydrogens is 442 g/mol. The van der Waals surface area contributed by atoms with Gasteiger partial charge in [0, 0.05) is 24.3 Å². The Morgan fingerprint density at radius 2 is 1.80 bits per heavy atom. The fourth-order valence-electron chi connectivity index (χ4n) is 4.31. The summed E-state index contributed by atoms with van der Waals surface area (Å²) in [5.74, 6) is -0.131. The first-order valence-electron chi connectivity index (χ1n) is 11.5. The summed E-state index contributed by atoms with van der Waals surface area (Å²) in [6.07, 6.45) is 11.2. The van der Waals surface area contributed by atoms with E-state index >= 15 is 0 Å². The summed E-state index contributed by atoms with van der Waals surface area (Å²) in [4.78, 5) is 35.2. The number of rotatable bonds is 9. The van der Waals surface area contributed by atoms with Crippen LogP contribution in [0.3, 0.4) is 0 Å². The van der Waals surface area contributed by atoms with Crippen LogP contribution in [0.5, 0.6) is 0 Å². The quantitative estimate of drug-likeness (QED) is 0.248. The van der Waals surface area contributed by atoms with E-state index in [0.717, 1.165) is 6.54 Å². The largest absolute Gasteiger partial charge is 0.464 e. The number of esters is 1. The number of allylic oxidation sites excluding steroid dienone is 2. The fourth-order valence-corrected chi connectivity index (χ4v) is 4.31. The van der Waals surface area contributed by atoms with E-state index in [0.29, 0.717) is 17.9 Å². The van der Waals surface area contributed by atoms with Crippen molar-refractivity contribution >= 4 is 11.8 Å². The Hall–Kier alpha value is -3.84. The van der Waals surface area contributed by atoms with E-state index < -0.39 is 5.97 Å². The number of hydrogen-bond donors (Lipinski definition) is 0. The van der Waals surface area contributed by atoms with Gasteiger partial charge in [0.1, 0.15) is 11.4 Å². The number of ketones is 1. The number of pyridine rings is 1. The van der Waals surface area contributed by atoms with Crippen LogP contribution < -0.4 is 0 Å². The molecule has 7 nitrogen and oxygen atoms in total. The Kier molecular flexibility index (Phi) is 7.36. The summed E-state index contributed by atoms with van der Waals surface area (Å²) in [5.41, 5.74) is 1.56. The Morgan fingerprint density at radius 3 is 2.49 bits per heavy atom. The molecule has 180 valence electrons. The number of hydrogen-bond acceptors (Lipinski definition) is 7. The van der Waals surface area contributed by atoms with Crippen molar-refractivity contribution in [2.24, 2.45) is 5.41 Å². The number of ether oxygens (including phenoxy) is 1. The third-order valence-electron chi connectivity index (χ3n) is 6.02. The second-order valence-electron chi connectivity index (χ2n) is 8.98. The summed E-state index contributed by atoms with van der Waals surface area (Å²) < 4.78 is 10.4. The molecule has 35 heavy (non-hydrogen) atoms. The number of carbonyl (C=O) groups is 2. The van der Waals surface area contributed by atoms with Gasteiger partial charge in [0.2, 0.25) is 5.78 Å². The highest BCUT2D eigenvalue weighted by Crippen LogP contribution is 2.36. The van der Waals surface area contributed by atoms with Crippen LogP contribution in [-0.2, 0) is 4.74 Å². The van der Waals surface area contributed by atoms with E-state index in [4.69, 9.17) is 9.15 Å². The monoisotopic (exact) mass is 471 g/mol. The zero-order chi connectivity index (χ0) is 24.8. The van der Waals surface area contributed by atoms with Crippen molar-refractivity contribution in [2.45, 2.75) is 18.8 Å². The number of carbonyl (C=O) groups excluding carboxylic acids is 2. The van der Waals surface area contributed by atoms with Crippen LogP contribution in [0.1, 0.15) is 45.5 Å². The molecular formula is C28H29N3O4. The number of nitrogens with zero attached hydrogens (tertiary/aromatic N) is 3. The predicted molar refractivity (Wildman–Crippen MR) is 133 cm³/mol. The zero-order valence-electron chi connectivity index (χ0n) is 20.2. The van der Waals surface area contributed by atoms with Gasteiger partial charge < -0.3 is 14.1 Å². The van der Waals surface area contributed by atoms with Crippen molar-refractivity contribution in [2.75, 3.05) is 27.7 Å². The van der Waals surface area contributed by atoms with E-state index in [2.05, 4.69) is 51.3 Å². The summed E-state index contributed by atoms with van der Waals surface area (Å²) >= 11 is 0. The average Bonchev–Trinajstić information content (AvgIpc) is 3.38. The lowest BCUT2D eigenvalue weighted by molar-refractivity contribution is 0.0594. The first kappa shape index (κ1) is 24.3. The molecule has 0 N–H and O–H groups in total. The minimum atomic E-state index is -0.544. The molecule has 1 aliphatic rings. The van der Waals surface area contributed by atoms with E-state index in [1.54, 1.807) is 18.2 Å². The lowest BCUT2D eigenvalue weighted by Gasteiger charge is -2.33. The maximum Gasteiger partial charge on any atom is 0.356 e. The second-order valence-corrected chi connectivity index (χ2v) is 8.98. The summed E-state index contributed by atoms with van der Waals surface area (Å²) in [6, 6.07) is 15.3. The van der Waals surface area contributed by atoms with E-state index in [1.165, 1.54) is 18.9 Å². The average molecular weight is 472 g/mol. The van der Waals surface area contributed by atoms with Crippen molar-refractivity contribution in [3.05, 3.63) is 96.2 Å². The first-order chi connectivity index (χ1) is 16.9. The molecule has 0 radical (unpaired) electrons. The summed E-state index contributed by atoms with van der Waals surface area (Å²) in [6.45, 7) is 0.788. The van der Waals surface area contributed by atoms with Crippen LogP contribution in [0.2, 0.25) is 0 Å². The third-order valence-corrected chi connectivity index (χ3v) is 6.02. The summed E-state index contributed by atoms with van der Waals surface area (Å²) in [5, 5.41) is 0. The highest BCUT2D eigenvalue weighted by Gasteiger charge is 2.30. The fraction of sp³-hybridized carbons (Fsp3) is 0.286. The molecule has 0 amide bonds. The molecule has 0 saturated carbocycles. The zero-order valence-corrected chi connectivity index (χ0v) is 20.2. The SMILES string of the molecule is COC(=O)c1cccc(-c2cnc(C(=O)CCC3(CN(C)C)C=CC(c4ccccc4)C=C3)o2)n1. The van der Waals surface area contributed by atoms with Crippen LogP contribution in [0, 0.1) is 5.41 Å². The van der Waals surface area contributed by atoms with Gasteiger partial charge in [-0.05, 0) is 38.2 Å². The maximum atomic E-state index is 13.0. The smallest absolute Gasteiger partial charge is 0.356 e. The number of methoxy groups -OCH3 is 1. The van der Waals surface area contributed by atoms with Gasteiger partial charge in [0.25, 0.3) is 5.89 Å². The molecule has 1 aliphatic carbocycles. The highest BCUT2D eigenvalue weighted by molar-refractivity contribution is 5.92. The molecule has 0 saturated heterocycles. The van der Waals surface area contributed by atoms with Gasteiger partial charge in [-0.15, -0.1) is 0 Å². The number of benzene rings is 1. The molecule has 0 bridgehead atoms. The van der Waals surface area contributed by atoms with Crippen molar-refractivity contribution < 1.29 is 18.7 Å².